The molecule has 12 heteroatoms. The van der Waals surface area contributed by atoms with Gasteiger partial charge in [-0.25, -0.2) is 23.1 Å². The first-order valence-corrected chi connectivity index (χ1v) is 13.3. The standard InChI is InChI=1S/C21H24FN5O4S2/c22-18-11-24-20(32-18)8-16(28)15(7-12-3-5-31-6-4-12)27-21-14(10-25-27)17(9-19(23)26-21)33(29,30)13-1-2-13/h9-13,15H,1-8H2,(H2,23,26)/t15-/m0/s1. The highest BCUT2D eigenvalue weighted by atomic mass is 32.2. The number of anilines is 1. The van der Waals surface area contributed by atoms with Crippen molar-refractivity contribution < 1.29 is 22.3 Å². The van der Waals surface area contributed by atoms with Crippen molar-refractivity contribution in [3.05, 3.63) is 28.6 Å². The van der Waals surface area contributed by atoms with Crippen LogP contribution in [-0.2, 0) is 25.8 Å². The molecule has 1 saturated carbocycles. The summed E-state index contributed by atoms with van der Waals surface area (Å²) in [4.78, 5) is 21.8. The Kier molecular flexibility index (Phi) is 5.91. The lowest BCUT2D eigenvalue weighted by atomic mass is 9.90. The Morgan fingerprint density at radius 3 is 2.70 bits per heavy atom. The fourth-order valence-corrected chi connectivity index (χ4v) is 6.83. The van der Waals surface area contributed by atoms with E-state index >= 15 is 0 Å². The molecule has 1 aliphatic heterocycles. The molecule has 0 radical (unpaired) electrons. The number of thiazole rings is 1. The number of pyridine rings is 1. The van der Waals surface area contributed by atoms with Gasteiger partial charge in [-0.15, -0.1) is 0 Å². The number of ether oxygens (including phenoxy) is 1. The fourth-order valence-electron chi connectivity index (χ4n) is 4.33. The van der Waals surface area contributed by atoms with Gasteiger partial charge in [0.2, 0.25) is 0 Å². The number of rotatable bonds is 8. The molecule has 3 aromatic rings. The van der Waals surface area contributed by atoms with Crippen molar-refractivity contribution in [2.45, 2.75) is 54.7 Å². The predicted octanol–water partition coefficient (Wildman–Crippen LogP) is 2.71. The van der Waals surface area contributed by atoms with E-state index in [1.165, 1.54) is 16.9 Å². The second kappa shape index (κ2) is 8.73. The second-order valence-corrected chi connectivity index (χ2v) is 11.9. The molecule has 33 heavy (non-hydrogen) atoms. The van der Waals surface area contributed by atoms with Crippen LogP contribution < -0.4 is 5.73 Å². The van der Waals surface area contributed by atoms with Gasteiger partial charge < -0.3 is 10.5 Å². The summed E-state index contributed by atoms with van der Waals surface area (Å²) in [5, 5.41) is 4.30. The monoisotopic (exact) mass is 493 g/mol. The van der Waals surface area contributed by atoms with Gasteiger partial charge >= 0.3 is 0 Å². The summed E-state index contributed by atoms with van der Waals surface area (Å²) in [5.41, 5.74) is 6.26. The Balaban J connectivity index is 1.55. The maximum absolute atomic E-state index is 13.4. The zero-order valence-corrected chi connectivity index (χ0v) is 19.4. The van der Waals surface area contributed by atoms with E-state index in [0.29, 0.717) is 42.9 Å². The lowest BCUT2D eigenvalue weighted by molar-refractivity contribution is -0.122. The van der Waals surface area contributed by atoms with Crippen LogP contribution in [0.1, 0.15) is 43.2 Å². The minimum absolute atomic E-state index is 0.0423. The number of sulfone groups is 1. The molecule has 2 aliphatic rings. The highest BCUT2D eigenvalue weighted by Gasteiger charge is 2.39. The van der Waals surface area contributed by atoms with Gasteiger partial charge in [-0.3, -0.25) is 4.79 Å². The average Bonchev–Trinajstić information content (AvgIpc) is 3.47. The van der Waals surface area contributed by atoms with Gasteiger partial charge in [0.25, 0.3) is 0 Å². The molecule has 0 bridgehead atoms. The van der Waals surface area contributed by atoms with Crippen molar-refractivity contribution in [3.63, 3.8) is 0 Å². The van der Waals surface area contributed by atoms with E-state index in [-0.39, 0.29) is 34.5 Å². The minimum atomic E-state index is -3.55. The molecular formula is C21H24FN5O4S2. The SMILES string of the molecule is Nc1cc(S(=O)(=O)C2CC2)c2cnn([C@@H](CC3CCOCC3)C(=O)Cc3ncc(F)s3)c2n1. The summed E-state index contributed by atoms with van der Waals surface area (Å²) in [6.45, 7) is 1.25. The molecule has 0 unspecified atom stereocenters. The number of hydrogen-bond acceptors (Lipinski definition) is 9. The smallest absolute Gasteiger partial charge is 0.196 e. The highest BCUT2D eigenvalue weighted by molar-refractivity contribution is 7.92. The summed E-state index contributed by atoms with van der Waals surface area (Å²) in [5.74, 6) is 0.107. The first-order valence-electron chi connectivity index (χ1n) is 10.9. The van der Waals surface area contributed by atoms with Crippen molar-refractivity contribution in [1.82, 2.24) is 19.7 Å². The second-order valence-electron chi connectivity index (χ2n) is 8.62. The van der Waals surface area contributed by atoms with Crippen molar-refractivity contribution >= 4 is 43.8 Å². The van der Waals surface area contributed by atoms with Crippen molar-refractivity contribution in [1.29, 1.82) is 0 Å². The van der Waals surface area contributed by atoms with Crippen molar-refractivity contribution in [2.75, 3.05) is 18.9 Å². The Bertz CT molecular complexity index is 1300. The zero-order chi connectivity index (χ0) is 23.2. The van der Waals surface area contributed by atoms with Crippen LogP contribution in [-0.4, -0.2) is 52.4 Å². The third-order valence-corrected chi connectivity index (χ3v) is 9.32. The van der Waals surface area contributed by atoms with Crippen LogP contribution in [0.4, 0.5) is 10.2 Å². The summed E-state index contributed by atoms with van der Waals surface area (Å²) in [7, 11) is -3.55. The molecule has 5 rings (SSSR count). The number of carbonyl (C=O) groups is 1. The largest absolute Gasteiger partial charge is 0.384 e. The highest BCUT2D eigenvalue weighted by Crippen LogP contribution is 2.38. The lowest BCUT2D eigenvalue weighted by Gasteiger charge is -2.26. The van der Waals surface area contributed by atoms with Crippen molar-refractivity contribution in [3.8, 4) is 0 Å². The molecule has 2 N–H and O–H groups in total. The molecule has 0 spiro atoms. The Labute approximate surface area is 194 Å². The Hall–Kier alpha value is -2.44. The summed E-state index contributed by atoms with van der Waals surface area (Å²) >= 11 is 0.836. The molecular weight excluding hydrogens is 469 g/mol. The molecule has 1 saturated heterocycles. The lowest BCUT2D eigenvalue weighted by Crippen LogP contribution is -2.27. The topological polar surface area (TPSA) is 130 Å². The molecule has 1 aliphatic carbocycles. The van der Waals surface area contributed by atoms with E-state index in [2.05, 4.69) is 15.1 Å². The van der Waals surface area contributed by atoms with E-state index in [4.69, 9.17) is 10.5 Å². The zero-order valence-electron chi connectivity index (χ0n) is 17.8. The number of fused-ring (bicyclic) bond motifs is 1. The number of halogens is 1. The van der Waals surface area contributed by atoms with Crippen LogP contribution in [0, 0.1) is 11.0 Å². The van der Waals surface area contributed by atoms with Gasteiger partial charge in [0.15, 0.2) is 26.4 Å². The van der Waals surface area contributed by atoms with Crippen LogP contribution >= 0.6 is 11.3 Å². The maximum atomic E-state index is 13.4. The molecule has 2 fully saturated rings. The number of nitrogens with two attached hydrogens (primary N) is 1. The Morgan fingerprint density at radius 1 is 1.27 bits per heavy atom. The van der Waals surface area contributed by atoms with Crippen LogP contribution in [0.2, 0.25) is 0 Å². The number of hydrogen-bond donors (Lipinski definition) is 1. The van der Waals surface area contributed by atoms with E-state index in [9.17, 15) is 17.6 Å². The summed E-state index contributed by atoms with van der Waals surface area (Å²) in [6, 6.07) is 0.665. The van der Waals surface area contributed by atoms with Gasteiger partial charge in [0, 0.05) is 13.2 Å². The first kappa shape index (κ1) is 22.4. The van der Waals surface area contributed by atoms with Crippen LogP contribution in [0.25, 0.3) is 11.0 Å². The van der Waals surface area contributed by atoms with Crippen LogP contribution in [0.3, 0.4) is 0 Å². The van der Waals surface area contributed by atoms with Crippen LogP contribution in [0.15, 0.2) is 23.4 Å². The number of carbonyl (C=O) groups excluding carboxylic acids is 1. The Morgan fingerprint density at radius 2 is 2.03 bits per heavy atom. The summed E-state index contributed by atoms with van der Waals surface area (Å²) < 4.78 is 46.3. The molecule has 4 heterocycles. The average molecular weight is 494 g/mol. The first-order chi connectivity index (χ1) is 15.8. The molecule has 9 nitrogen and oxygen atoms in total. The maximum Gasteiger partial charge on any atom is 0.196 e. The quantitative estimate of drug-likeness (QED) is 0.507. The number of ketones is 1. The van der Waals surface area contributed by atoms with Gasteiger partial charge in [0.05, 0.1) is 34.3 Å². The minimum Gasteiger partial charge on any atom is -0.384 e. The molecule has 3 aromatic heterocycles. The van der Waals surface area contributed by atoms with Crippen molar-refractivity contribution in [2.24, 2.45) is 5.92 Å². The number of nitrogens with zero attached hydrogens (tertiary/aromatic N) is 4. The summed E-state index contributed by atoms with van der Waals surface area (Å²) in [6.07, 6.45) is 5.86. The molecule has 0 aromatic carbocycles. The van der Waals surface area contributed by atoms with Gasteiger partial charge in [-0.1, -0.05) is 11.3 Å². The van der Waals surface area contributed by atoms with Gasteiger partial charge in [0.1, 0.15) is 16.9 Å². The fraction of sp³-hybridized carbons (Fsp3) is 0.524. The van der Waals surface area contributed by atoms with Gasteiger partial charge in [-0.05, 0) is 44.1 Å². The van der Waals surface area contributed by atoms with E-state index < -0.39 is 26.3 Å². The molecule has 1 atom stereocenters. The molecule has 176 valence electrons. The van der Waals surface area contributed by atoms with Gasteiger partial charge in [-0.2, -0.15) is 9.49 Å². The molecule has 0 amide bonds. The van der Waals surface area contributed by atoms with E-state index in [1.54, 1.807) is 0 Å². The van der Waals surface area contributed by atoms with E-state index in [1.807, 2.05) is 0 Å². The normalized spacial score (nSPS) is 18.6. The van der Waals surface area contributed by atoms with Crippen LogP contribution in [0.5, 0.6) is 0 Å². The predicted molar refractivity (Wildman–Crippen MR) is 120 cm³/mol. The number of aromatic nitrogens is 4. The number of nitrogen functional groups attached to an aromatic ring is 1. The third kappa shape index (κ3) is 4.51. The third-order valence-electron chi connectivity index (χ3n) is 6.23. The van der Waals surface area contributed by atoms with E-state index in [0.717, 1.165) is 30.4 Å². The number of Topliss-reactive ketones (excluding diaryl/α,β-unsaturated/α-hetero) is 1.